The second-order valence-electron chi connectivity index (χ2n) is 8.54. The van der Waals surface area contributed by atoms with Crippen LogP contribution in [0, 0.1) is 23.1 Å². The van der Waals surface area contributed by atoms with Gasteiger partial charge in [0.05, 0.1) is 12.2 Å². The van der Waals surface area contributed by atoms with Crippen LogP contribution in [0.25, 0.3) is 0 Å². The molecule has 0 spiro atoms. The fraction of sp³-hybridized carbons (Fsp3) is 0.714. The molecule has 2 atom stereocenters. The SMILES string of the molecule is CC(C)(C1CCC(O)CC1)C1CCCC(Oc2ccc(O)c(F)c2)C1. The molecule has 3 nitrogen and oxygen atoms in total. The highest BCUT2D eigenvalue weighted by molar-refractivity contribution is 5.32. The summed E-state index contributed by atoms with van der Waals surface area (Å²) in [6.07, 6.45) is 8.41. The number of rotatable bonds is 4. The van der Waals surface area contributed by atoms with Gasteiger partial charge in [0.25, 0.3) is 0 Å². The lowest BCUT2D eigenvalue weighted by atomic mass is 9.60. The van der Waals surface area contributed by atoms with Crippen LogP contribution in [0.2, 0.25) is 0 Å². The van der Waals surface area contributed by atoms with Crippen LogP contribution in [0.4, 0.5) is 4.39 Å². The highest BCUT2D eigenvalue weighted by Gasteiger charge is 2.41. The van der Waals surface area contributed by atoms with E-state index >= 15 is 0 Å². The molecule has 2 saturated carbocycles. The van der Waals surface area contributed by atoms with E-state index in [-0.39, 0.29) is 23.4 Å². The van der Waals surface area contributed by atoms with Gasteiger partial charge < -0.3 is 14.9 Å². The van der Waals surface area contributed by atoms with Crippen molar-refractivity contribution in [2.45, 2.75) is 77.4 Å². The van der Waals surface area contributed by atoms with Gasteiger partial charge in [0, 0.05) is 6.07 Å². The van der Waals surface area contributed by atoms with Gasteiger partial charge in [-0.15, -0.1) is 0 Å². The maximum atomic E-state index is 13.5. The van der Waals surface area contributed by atoms with E-state index in [0.29, 0.717) is 17.6 Å². The summed E-state index contributed by atoms with van der Waals surface area (Å²) in [6, 6.07) is 4.25. The number of phenols is 1. The minimum absolute atomic E-state index is 0.108. The number of aliphatic hydroxyl groups excluding tert-OH is 1. The number of phenolic OH excluding ortho intramolecular Hbond substituents is 1. The molecule has 0 aromatic heterocycles. The molecule has 3 rings (SSSR count). The van der Waals surface area contributed by atoms with Gasteiger partial charge in [0.1, 0.15) is 5.75 Å². The third-order valence-electron chi connectivity index (χ3n) is 6.65. The Morgan fingerprint density at radius 3 is 2.44 bits per heavy atom. The Hall–Kier alpha value is -1.29. The van der Waals surface area contributed by atoms with Crippen molar-refractivity contribution in [3.05, 3.63) is 24.0 Å². The third kappa shape index (κ3) is 4.28. The van der Waals surface area contributed by atoms with Crippen molar-refractivity contribution in [1.29, 1.82) is 0 Å². The molecule has 0 aliphatic heterocycles. The summed E-state index contributed by atoms with van der Waals surface area (Å²) in [6.45, 7) is 4.76. The van der Waals surface area contributed by atoms with Gasteiger partial charge in [-0.05, 0) is 80.8 Å². The number of hydrogen-bond donors (Lipinski definition) is 2. The lowest BCUT2D eigenvalue weighted by Gasteiger charge is -2.46. The van der Waals surface area contributed by atoms with Gasteiger partial charge in [0.15, 0.2) is 11.6 Å². The molecule has 2 fully saturated rings. The summed E-state index contributed by atoms with van der Waals surface area (Å²) >= 11 is 0. The van der Waals surface area contributed by atoms with Crippen LogP contribution in [0.3, 0.4) is 0 Å². The summed E-state index contributed by atoms with van der Waals surface area (Å²) in [5.74, 6) is 0.777. The maximum Gasteiger partial charge on any atom is 0.168 e. The highest BCUT2D eigenvalue weighted by Crippen LogP contribution is 2.48. The fourth-order valence-corrected chi connectivity index (χ4v) is 4.83. The molecule has 25 heavy (non-hydrogen) atoms. The van der Waals surface area contributed by atoms with Crippen molar-refractivity contribution >= 4 is 0 Å². The summed E-state index contributed by atoms with van der Waals surface area (Å²) in [5.41, 5.74) is 0.238. The molecule has 0 radical (unpaired) electrons. The third-order valence-corrected chi connectivity index (χ3v) is 6.65. The Bertz CT molecular complexity index is 579. The van der Waals surface area contributed by atoms with Crippen LogP contribution >= 0.6 is 0 Å². The molecule has 0 bridgehead atoms. The molecule has 0 amide bonds. The first-order valence-corrected chi connectivity index (χ1v) is 9.69. The molecule has 2 aliphatic carbocycles. The topological polar surface area (TPSA) is 49.7 Å². The zero-order valence-corrected chi connectivity index (χ0v) is 15.4. The second-order valence-corrected chi connectivity index (χ2v) is 8.54. The van der Waals surface area contributed by atoms with E-state index in [1.807, 2.05) is 0 Å². The number of ether oxygens (including phenoxy) is 1. The van der Waals surface area contributed by atoms with Crippen molar-refractivity contribution in [3.63, 3.8) is 0 Å². The van der Waals surface area contributed by atoms with Gasteiger partial charge in [-0.1, -0.05) is 13.8 Å². The van der Waals surface area contributed by atoms with Crippen molar-refractivity contribution < 1.29 is 19.3 Å². The lowest BCUT2D eigenvalue weighted by Crippen LogP contribution is -2.40. The predicted molar refractivity (Wildman–Crippen MR) is 96.2 cm³/mol. The van der Waals surface area contributed by atoms with Gasteiger partial charge in [-0.25, -0.2) is 4.39 Å². The van der Waals surface area contributed by atoms with Crippen molar-refractivity contribution in [3.8, 4) is 11.5 Å². The predicted octanol–water partition coefficient (Wildman–Crippen LogP) is 5.05. The standard InChI is InChI=1S/C21H31FO3/c1-21(2,14-6-8-16(23)9-7-14)15-4-3-5-17(12-15)25-18-10-11-20(24)19(22)13-18/h10-11,13-17,23-24H,3-9,12H2,1-2H3. The fourth-order valence-electron chi connectivity index (χ4n) is 4.83. The van der Waals surface area contributed by atoms with Gasteiger partial charge >= 0.3 is 0 Å². The quantitative estimate of drug-likeness (QED) is 0.799. The maximum absolute atomic E-state index is 13.5. The molecule has 2 unspecified atom stereocenters. The van der Waals surface area contributed by atoms with Crippen LogP contribution in [0.5, 0.6) is 11.5 Å². The van der Waals surface area contributed by atoms with Crippen molar-refractivity contribution in [1.82, 2.24) is 0 Å². The molecule has 1 aromatic carbocycles. The van der Waals surface area contributed by atoms with E-state index in [4.69, 9.17) is 4.74 Å². The van der Waals surface area contributed by atoms with Crippen LogP contribution in [0.15, 0.2) is 18.2 Å². The van der Waals surface area contributed by atoms with Crippen LogP contribution in [-0.4, -0.2) is 22.4 Å². The molecule has 2 aliphatic rings. The number of halogens is 1. The van der Waals surface area contributed by atoms with Gasteiger partial charge in [0.2, 0.25) is 0 Å². The van der Waals surface area contributed by atoms with E-state index in [1.165, 1.54) is 18.6 Å². The highest BCUT2D eigenvalue weighted by atomic mass is 19.1. The number of aromatic hydroxyl groups is 1. The molecular weight excluding hydrogens is 319 g/mol. The van der Waals surface area contributed by atoms with Gasteiger partial charge in [-0.3, -0.25) is 0 Å². The Morgan fingerprint density at radius 2 is 1.76 bits per heavy atom. The minimum Gasteiger partial charge on any atom is -0.505 e. The monoisotopic (exact) mass is 350 g/mol. The Balaban J connectivity index is 1.62. The summed E-state index contributed by atoms with van der Waals surface area (Å²) in [5, 5.41) is 19.1. The minimum atomic E-state index is -0.633. The van der Waals surface area contributed by atoms with Crippen molar-refractivity contribution in [2.24, 2.45) is 17.3 Å². The molecule has 4 heteroatoms. The van der Waals surface area contributed by atoms with Crippen LogP contribution < -0.4 is 4.74 Å². The zero-order chi connectivity index (χ0) is 18.0. The first-order chi connectivity index (χ1) is 11.9. The summed E-state index contributed by atoms with van der Waals surface area (Å²) < 4.78 is 19.6. The summed E-state index contributed by atoms with van der Waals surface area (Å²) in [4.78, 5) is 0. The Kier molecular flexibility index (Phi) is 5.57. The van der Waals surface area contributed by atoms with E-state index in [2.05, 4.69) is 13.8 Å². The number of hydrogen-bond acceptors (Lipinski definition) is 3. The Morgan fingerprint density at radius 1 is 1.04 bits per heavy atom. The first kappa shape index (κ1) is 18.5. The largest absolute Gasteiger partial charge is 0.505 e. The molecule has 0 saturated heterocycles. The van der Waals surface area contributed by atoms with E-state index in [1.54, 1.807) is 6.07 Å². The molecular formula is C21H31FO3. The normalized spacial score (nSPS) is 30.9. The Labute approximate surface area is 150 Å². The van der Waals surface area contributed by atoms with Crippen molar-refractivity contribution in [2.75, 3.05) is 0 Å². The smallest absolute Gasteiger partial charge is 0.168 e. The lowest BCUT2D eigenvalue weighted by molar-refractivity contribution is -0.00120. The number of aliphatic hydroxyl groups is 1. The zero-order valence-electron chi connectivity index (χ0n) is 15.4. The summed E-state index contributed by atoms with van der Waals surface area (Å²) in [7, 11) is 0. The van der Waals surface area contributed by atoms with E-state index in [0.717, 1.165) is 44.9 Å². The average molecular weight is 350 g/mol. The van der Waals surface area contributed by atoms with E-state index < -0.39 is 5.82 Å². The second kappa shape index (κ2) is 7.53. The molecule has 0 heterocycles. The van der Waals surface area contributed by atoms with Crippen LogP contribution in [-0.2, 0) is 0 Å². The average Bonchev–Trinajstić information content (AvgIpc) is 2.59. The van der Waals surface area contributed by atoms with Gasteiger partial charge in [-0.2, -0.15) is 0 Å². The van der Waals surface area contributed by atoms with Crippen LogP contribution in [0.1, 0.15) is 65.2 Å². The first-order valence-electron chi connectivity index (χ1n) is 9.69. The van der Waals surface area contributed by atoms with E-state index in [9.17, 15) is 14.6 Å². The molecule has 140 valence electrons. The number of benzene rings is 1. The molecule has 1 aromatic rings. The molecule has 2 N–H and O–H groups in total.